The molecule has 0 bridgehead atoms. The molecule has 1 aliphatic heterocycles. The minimum absolute atomic E-state index is 0.0181. The first-order chi connectivity index (χ1) is 20.9. The van der Waals surface area contributed by atoms with Gasteiger partial charge < -0.3 is 10.1 Å². The van der Waals surface area contributed by atoms with Crippen LogP contribution >= 0.6 is 11.6 Å². The molecule has 3 heterocycles. The zero-order valence-electron chi connectivity index (χ0n) is 23.8. The second-order valence-corrected chi connectivity index (χ2v) is 11.9. The van der Waals surface area contributed by atoms with Crippen LogP contribution in [0.25, 0.3) is 27.6 Å². The van der Waals surface area contributed by atoms with Gasteiger partial charge in [-0.1, -0.05) is 30.4 Å². The first kappa shape index (κ1) is 29.0. The van der Waals surface area contributed by atoms with Crippen molar-refractivity contribution in [3.05, 3.63) is 88.1 Å². The molecule has 2 aromatic carbocycles. The number of piperidine rings is 1. The molecule has 0 saturated carbocycles. The summed E-state index contributed by atoms with van der Waals surface area (Å²) < 4.78 is 1.86. The Morgan fingerprint density at radius 3 is 2.63 bits per heavy atom. The van der Waals surface area contributed by atoms with Gasteiger partial charge in [0.25, 0.3) is 0 Å². The van der Waals surface area contributed by atoms with E-state index in [2.05, 4.69) is 16.0 Å². The zero-order chi connectivity index (χ0) is 29.9. The molecule has 1 fully saturated rings. The summed E-state index contributed by atoms with van der Waals surface area (Å²) in [5, 5.41) is 8.98. The molecule has 1 atom stereocenters. The Bertz CT molecular complexity index is 1800. The van der Waals surface area contributed by atoms with Gasteiger partial charge in [-0.05, 0) is 74.4 Å². The summed E-state index contributed by atoms with van der Waals surface area (Å²) in [6.07, 6.45) is 10.2. The number of para-hydroxylation sites is 2. The predicted octanol–water partition coefficient (Wildman–Crippen LogP) is 5.54. The number of aliphatic carboxylic acids is 1. The normalized spacial score (nSPS) is 17.9. The summed E-state index contributed by atoms with van der Waals surface area (Å²) in [5.74, 6) is -0.792. The molecule has 0 radical (unpaired) electrons. The van der Waals surface area contributed by atoms with Crippen LogP contribution in [0.5, 0.6) is 0 Å². The molecule has 2 aliphatic rings. The highest BCUT2D eigenvalue weighted by Crippen LogP contribution is 2.28. The number of rotatable bonds is 10. The molecule has 0 amide bonds. The maximum Gasteiger partial charge on any atom is 0.326 e. The summed E-state index contributed by atoms with van der Waals surface area (Å²) in [4.78, 5) is 51.9. The Labute approximate surface area is 253 Å². The lowest BCUT2D eigenvalue weighted by Gasteiger charge is -2.32. The van der Waals surface area contributed by atoms with Crippen molar-refractivity contribution in [2.45, 2.75) is 56.4 Å². The van der Waals surface area contributed by atoms with Gasteiger partial charge in [0, 0.05) is 31.1 Å². The number of halogens is 1. The molecule has 0 spiro atoms. The van der Waals surface area contributed by atoms with Crippen LogP contribution in [0.3, 0.4) is 0 Å². The van der Waals surface area contributed by atoms with Gasteiger partial charge in [0.05, 0.1) is 45.4 Å². The largest absolute Gasteiger partial charge is 0.481 e. The van der Waals surface area contributed by atoms with Crippen LogP contribution in [0.4, 0.5) is 0 Å². The maximum atomic E-state index is 13.4. The minimum Gasteiger partial charge on any atom is -0.481 e. The third-order valence-electron chi connectivity index (χ3n) is 8.35. The van der Waals surface area contributed by atoms with Crippen molar-refractivity contribution < 1.29 is 14.7 Å². The number of benzene rings is 2. The highest BCUT2D eigenvalue weighted by molar-refractivity contribution is 6.22. The molecule has 222 valence electrons. The van der Waals surface area contributed by atoms with Crippen molar-refractivity contribution in [2.24, 2.45) is 0 Å². The van der Waals surface area contributed by atoms with Crippen molar-refractivity contribution in [1.82, 2.24) is 24.4 Å². The molecule has 10 heteroatoms. The molecule has 9 nitrogen and oxygen atoms in total. The fourth-order valence-corrected chi connectivity index (χ4v) is 6.24. The van der Waals surface area contributed by atoms with Crippen LogP contribution < -0.4 is 5.69 Å². The number of carboxylic acids is 1. The number of nitrogens with zero attached hydrogens (tertiary/aromatic N) is 4. The first-order valence-electron chi connectivity index (χ1n) is 14.9. The van der Waals surface area contributed by atoms with E-state index in [9.17, 15) is 14.4 Å². The average Bonchev–Trinajstić information content (AvgIpc) is 3.35. The van der Waals surface area contributed by atoms with E-state index in [0.717, 1.165) is 53.9 Å². The van der Waals surface area contributed by atoms with E-state index in [1.807, 2.05) is 59.2 Å². The number of aryl methyl sites for hydroxylation is 1. The molecule has 1 saturated heterocycles. The van der Waals surface area contributed by atoms with Crippen molar-refractivity contribution in [3.63, 3.8) is 0 Å². The Morgan fingerprint density at radius 1 is 1.05 bits per heavy atom. The lowest BCUT2D eigenvalue weighted by Crippen LogP contribution is -2.39. The fraction of sp³-hybridized carbons (Fsp3) is 0.364. The molecular weight excluding hydrogens is 566 g/mol. The molecule has 2 aromatic heterocycles. The quantitative estimate of drug-likeness (QED) is 0.139. The van der Waals surface area contributed by atoms with Gasteiger partial charge in [-0.15, -0.1) is 11.6 Å². The molecule has 6 rings (SSSR count). The third-order valence-corrected chi connectivity index (χ3v) is 8.67. The second-order valence-electron chi connectivity index (χ2n) is 11.3. The van der Waals surface area contributed by atoms with Crippen molar-refractivity contribution in [3.8, 4) is 0 Å². The monoisotopic (exact) mass is 599 g/mol. The SMILES string of the molecule is O=C(O)CCCCc1nc2cc(C(=O)CN3CCC(n4c(=O)[nH]c5ccccc54)CC3)ccc2nc1C1=CC[C@@H](Cl)C=C1. The van der Waals surface area contributed by atoms with Crippen LogP contribution in [-0.4, -0.2) is 66.3 Å². The van der Waals surface area contributed by atoms with Gasteiger partial charge in [0.1, 0.15) is 0 Å². The van der Waals surface area contributed by atoms with Gasteiger partial charge in [0.2, 0.25) is 0 Å². The van der Waals surface area contributed by atoms with Crippen molar-refractivity contribution >= 4 is 51.0 Å². The number of ketones is 1. The van der Waals surface area contributed by atoms with Crippen LogP contribution in [0.1, 0.15) is 66.3 Å². The number of likely N-dealkylation sites (tertiary alicyclic amines) is 1. The number of hydrogen-bond acceptors (Lipinski definition) is 6. The Morgan fingerprint density at radius 2 is 1.86 bits per heavy atom. The van der Waals surface area contributed by atoms with Gasteiger partial charge >= 0.3 is 11.7 Å². The standard InChI is InChI=1S/C33H34ClN5O4/c34-23-12-9-21(10-13-23)32-27(6-2-4-8-31(41)42)35-28-19-22(11-14-25(28)36-32)30(40)20-38-17-15-24(16-18-38)39-29-7-3-1-5-26(29)37-33(39)43/h1,3,5,7,9-12,14,19,23-24H,2,4,6,8,13,15-18,20H2,(H,37,43)(H,41,42)/t23-/m0/s1. The van der Waals surface area contributed by atoms with E-state index in [4.69, 9.17) is 26.7 Å². The van der Waals surface area contributed by atoms with E-state index < -0.39 is 5.97 Å². The molecular formula is C33H34ClN5O4. The van der Waals surface area contributed by atoms with Crippen molar-refractivity contribution in [1.29, 1.82) is 0 Å². The van der Waals surface area contributed by atoms with Gasteiger partial charge in [0.15, 0.2) is 5.78 Å². The maximum absolute atomic E-state index is 13.4. The third kappa shape index (κ3) is 6.48. The number of unbranched alkanes of at least 4 members (excludes halogenated alkanes) is 1. The number of aromatic amines is 1. The van der Waals surface area contributed by atoms with Crippen LogP contribution in [0.15, 0.2) is 65.5 Å². The number of hydrogen-bond donors (Lipinski definition) is 2. The number of imidazole rings is 1. The topological polar surface area (TPSA) is 121 Å². The molecule has 0 unspecified atom stereocenters. The molecule has 4 aromatic rings. The highest BCUT2D eigenvalue weighted by Gasteiger charge is 2.25. The molecule has 2 N–H and O–H groups in total. The van der Waals surface area contributed by atoms with E-state index in [-0.39, 0.29) is 29.3 Å². The number of aromatic nitrogens is 4. The number of Topliss-reactive ketones (excluding diaryl/α,β-unsaturated/α-hetero) is 1. The van der Waals surface area contributed by atoms with Gasteiger partial charge in [-0.25, -0.2) is 14.8 Å². The molecule has 43 heavy (non-hydrogen) atoms. The fourth-order valence-electron chi connectivity index (χ4n) is 6.08. The Balaban J connectivity index is 1.16. The second kappa shape index (κ2) is 12.7. The lowest BCUT2D eigenvalue weighted by atomic mass is 9.99. The van der Waals surface area contributed by atoms with Crippen LogP contribution in [0, 0.1) is 0 Å². The Kier molecular flexibility index (Phi) is 8.54. The van der Waals surface area contributed by atoms with E-state index >= 15 is 0 Å². The van der Waals surface area contributed by atoms with Crippen molar-refractivity contribution in [2.75, 3.05) is 19.6 Å². The molecule has 1 aliphatic carbocycles. The number of alkyl halides is 1. The number of carbonyl (C=O) groups excluding carboxylic acids is 1. The number of allylic oxidation sites excluding steroid dienone is 4. The number of nitrogens with one attached hydrogen (secondary N) is 1. The number of fused-ring (bicyclic) bond motifs is 2. The van der Waals surface area contributed by atoms with Crippen LogP contribution in [0.2, 0.25) is 0 Å². The summed E-state index contributed by atoms with van der Waals surface area (Å²) in [6, 6.07) is 13.3. The van der Waals surface area contributed by atoms with E-state index in [1.165, 1.54) is 0 Å². The van der Waals surface area contributed by atoms with E-state index in [0.29, 0.717) is 48.8 Å². The highest BCUT2D eigenvalue weighted by atomic mass is 35.5. The Hall–Kier alpha value is -4.08. The lowest BCUT2D eigenvalue weighted by molar-refractivity contribution is -0.137. The summed E-state index contributed by atoms with van der Waals surface area (Å²) in [7, 11) is 0. The smallest absolute Gasteiger partial charge is 0.326 e. The predicted molar refractivity (Wildman–Crippen MR) is 168 cm³/mol. The average molecular weight is 600 g/mol. The van der Waals surface area contributed by atoms with Gasteiger partial charge in [-0.3, -0.25) is 19.1 Å². The summed E-state index contributed by atoms with van der Waals surface area (Å²) in [6.45, 7) is 1.75. The number of carbonyl (C=O) groups is 2. The zero-order valence-corrected chi connectivity index (χ0v) is 24.6. The number of carboxylic acid groups (broad SMARTS) is 1. The summed E-state index contributed by atoms with van der Waals surface area (Å²) in [5.41, 5.74) is 6.14. The number of H-pyrrole nitrogens is 1. The first-order valence-corrected chi connectivity index (χ1v) is 15.3. The van der Waals surface area contributed by atoms with E-state index in [1.54, 1.807) is 0 Å². The van der Waals surface area contributed by atoms with Gasteiger partial charge in [-0.2, -0.15) is 0 Å². The summed E-state index contributed by atoms with van der Waals surface area (Å²) >= 11 is 6.24. The minimum atomic E-state index is -0.810. The van der Waals surface area contributed by atoms with Crippen LogP contribution in [-0.2, 0) is 11.2 Å².